The molecule has 1 fully saturated rings. The van der Waals surface area contributed by atoms with Crippen LogP contribution in [0.25, 0.3) is 22.6 Å². The van der Waals surface area contributed by atoms with Crippen molar-refractivity contribution in [1.29, 1.82) is 0 Å². The third-order valence-corrected chi connectivity index (χ3v) is 6.35. The van der Waals surface area contributed by atoms with Crippen molar-refractivity contribution >= 4 is 0 Å². The van der Waals surface area contributed by atoms with E-state index in [0.717, 1.165) is 65.8 Å². The first-order chi connectivity index (χ1) is 16.4. The van der Waals surface area contributed by atoms with Gasteiger partial charge in [-0.1, -0.05) is 30.3 Å². The Labute approximate surface area is 192 Å². The van der Waals surface area contributed by atoms with Gasteiger partial charge >= 0.3 is 0 Å². The highest BCUT2D eigenvalue weighted by Gasteiger charge is 2.28. The second-order valence-corrected chi connectivity index (χ2v) is 8.35. The number of hydrogen-bond donors (Lipinski definition) is 2. The van der Waals surface area contributed by atoms with Gasteiger partial charge in [0.15, 0.2) is 17.3 Å². The molecule has 2 aromatic carbocycles. The number of furan rings is 1. The normalized spacial score (nSPS) is 17.1. The molecule has 1 atom stereocenters. The van der Waals surface area contributed by atoms with Crippen molar-refractivity contribution in [3.8, 4) is 34.1 Å². The first-order valence-corrected chi connectivity index (χ1v) is 11.4. The van der Waals surface area contributed by atoms with Crippen molar-refractivity contribution in [2.24, 2.45) is 0 Å². The minimum atomic E-state index is 0.0836. The van der Waals surface area contributed by atoms with Crippen LogP contribution in [0.15, 0.2) is 71.5 Å². The van der Waals surface area contributed by atoms with E-state index in [1.807, 2.05) is 24.4 Å². The van der Waals surface area contributed by atoms with Crippen LogP contribution in [0.1, 0.15) is 17.2 Å². The molecule has 0 bridgehead atoms. The van der Waals surface area contributed by atoms with Crippen LogP contribution in [-0.2, 0) is 0 Å². The van der Waals surface area contributed by atoms with E-state index in [9.17, 15) is 0 Å². The number of piperazine rings is 1. The van der Waals surface area contributed by atoms with Gasteiger partial charge < -0.3 is 19.2 Å². The number of fused-ring (bicyclic) bond motifs is 1. The number of nitrogens with one attached hydrogen (secondary N) is 2. The summed E-state index contributed by atoms with van der Waals surface area (Å²) in [5.41, 5.74) is 5.54. The summed E-state index contributed by atoms with van der Waals surface area (Å²) in [6, 6.07) is 18.9. The average Bonchev–Trinajstić information content (AvgIpc) is 3.58. The van der Waals surface area contributed by atoms with Crippen molar-refractivity contribution in [2.75, 3.05) is 39.4 Å². The molecule has 2 aromatic heterocycles. The Bertz CT molecular complexity index is 1210. The van der Waals surface area contributed by atoms with E-state index in [-0.39, 0.29) is 6.04 Å². The summed E-state index contributed by atoms with van der Waals surface area (Å²) in [5.74, 6) is 2.42. The quantitative estimate of drug-likeness (QED) is 0.485. The molecule has 2 aliphatic rings. The van der Waals surface area contributed by atoms with Crippen molar-refractivity contribution in [3.63, 3.8) is 0 Å². The minimum Gasteiger partial charge on any atom is -0.486 e. The molecule has 33 heavy (non-hydrogen) atoms. The smallest absolute Gasteiger partial charge is 0.161 e. The number of hydrogen-bond acceptors (Lipinski definition) is 6. The highest BCUT2D eigenvalue weighted by molar-refractivity contribution is 5.68. The molecular weight excluding hydrogens is 416 g/mol. The molecule has 7 nitrogen and oxygen atoms in total. The van der Waals surface area contributed by atoms with Crippen LogP contribution in [0.5, 0.6) is 11.5 Å². The van der Waals surface area contributed by atoms with Crippen LogP contribution in [0, 0.1) is 0 Å². The summed E-state index contributed by atoms with van der Waals surface area (Å²) >= 11 is 0. The third-order valence-electron chi connectivity index (χ3n) is 6.35. The topological polar surface area (TPSA) is 75.5 Å². The SMILES string of the molecule is c1coc(-c2[nH]ncc2C(c2ccc(-c3ccc4c(c3)OCCO4)cc2)N2CCNCC2)c1. The summed E-state index contributed by atoms with van der Waals surface area (Å²) in [6.07, 6.45) is 3.63. The maximum absolute atomic E-state index is 5.77. The highest BCUT2D eigenvalue weighted by atomic mass is 16.6. The van der Waals surface area contributed by atoms with E-state index >= 15 is 0 Å². The minimum absolute atomic E-state index is 0.0836. The second kappa shape index (κ2) is 8.77. The Morgan fingerprint density at radius 2 is 1.67 bits per heavy atom. The standard InChI is InChI=1S/C26H26N4O3/c1-2-23(31-13-1)25-21(17-28-29-25)26(30-11-9-27-10-12-30)19-5-3-18(4-6-19)20-7-8-22-24(16-20)33-15-14-32-22/h1-8,13,16-17,26-27H,9-12,14-15H2,(H,28,29). The molecule has 0 amide bonds. The summed E-state index contributed by atoms with van der Waals surface area (Å²) in [5, 5.41) is 11.0. The fourth-order valence-electron chi connectivity index (χ4n) is 4.73. The first kappa shape index (κ1) is 20.1. The molecule has 0 saturated carbocycles. The first-order valence-electron chi connectivity index (χ1n) is 11.4. The van der Waals surface area contributed by atoms with Crippen LogP contribution >= 0.6 is 0 Å². The number of benzene rings is 2. The average molecular weight is 443 g/mol. The van der Waals surface area contributed by atoms with Crippen LogP contribution in [0.2, 0.25) is 0 Å². The Morgan fingerprint density at radius 1 is 0.879 bits per heavy atom. The van der Waals surface area contributed by atoms with Gasteiger partial charge in [0.2, 0.25) is 0 Å². The number of ether oxygens (including phenoxy) is 2. The maximum Gasteiger partial charge on any atom is 0.161 e. The van der Waals surface area contributed by atoms with E-state index in [2.05, 4.69) is 56.8 Å². The molecule has 4 aromatic rings. The zero-order valence-electron chi connectivity index (χ0n) is 18.3. The molecule has 7 heteroatoms. The molecule has 0 radical (unpaired) electrons. The van der Waals surface area contributed by atoms with E-state index in [1.54, 1.807) is 6.26 Å². The molecule has 6 rings (SSSR count). The fraction of sp³-hybridized carbons (Fsp3) is 0.269. The third kappa shape index (κ3) is 3.90. The predicted molar refractivity (Wildman–Crippen MR) is 125 cm³/mol. The lowest BCUT2D eigenvalue weighted by molar-refractivity contribution is 0.171. The van der Waals surface area contributed by atoms with Crippen LogP contribution in [-0.4, -0.2) is 54.5 Å². The fourth-order valence-corrected chi connectivity index (χ4v) is 4.73. The van der Waals surface area contributed by atoms with Gasteiger partial charge in [-0.3, -0.25) is 10.00 Å². The van der Waals surface area contributed by atoms with Crippen LogP contribution in [0.4, 0.5) is 0 Å². The lowest BCUT2D eigenvalue weighted by Crippen LogP contribution is -2.45. The van der Waals surface area contributed by atoms with Gasteiger partial charge in [-0.2, -0.15) is 5.10 Å². The highest BCUT2D eigenvalue weighted by Crippen LogP contribution is 2.37. The van der Waals surface area contributed by atoms with E-state index in [1.165, 1.54) is 5.56 Å². The molecule has 4 heterocycles. The van der Waals surface area contributed by atoms with Crippen molar-refractivity contribution in [3.05, 3.63) is 78.2 Å². The molecule has 0 spiro atoms. The zero-order chi connectivity index (χ0) is 22.0. The Balaban J connectivity index is 1.36. The van der Waals surface area contributed by atoms with Crippen molar-refractivity contribution in [2.45, 2.75) is 6.04 Å². The number of nitrogens with zero attached hydrogens (tertiary/aromatic N) is 2. The maximum atomic E-state index is 5.77. The van der Waals surface area contributed by atoms with Crippen molar-refractivity contribution in [1.82, 2.24) is 20.4 Å². The number of H-pyrrole nitrogens is 1. The number of aromatic nitrogens is 2. The number of rotatable bonds is 5. The van der Waals surface area contributed by atoms with E-state index < -0.39 is 0 Å². The lowest BCUT2D eigenvalue weighted by atomic mass is 9.94. The summed E-state index contributed by atoms with van der Waals surface area (Å²) < 4.78 is 17.1. The van der Waals surface area contributed by atoms with Crippen LogP contribution < -0.4 is 14.8 Å². The Hall–Kier alpha value is -3.55. The van der Waals surface area contributed by atoms with E-state index in [4.69, 9.17) is 13.9 Å². The Morgan fingerprint density at radius 3 is 2.45 bits per heavy atom. The molecule has 1 saturated heterocycles. The van der Waals surface area contributed by atoms with Gasteiger partial charge in [-0.25, -0.2) is 0 Å². The van der Waals surface area contributed by atoms with Gasteiger partial charge in [0.25, 0.3) is 0 Å². The molecule has 2 aliphatic heterocycles. The molecular formula is C26H26N4O3. The Kier molecular flexibility index (Phi) is 5.34. The largest absolute Gasteiger partial charge is 0.486 e. The van der Waals surface area contributed by atoms with Crippen molar-refractivity contribution < 1.29 is 13.9 Å². The van der Waals surface area contributed by atoms with Gasteiger partial charge in [-0.05, 0) is 41.0 Å². The molecule has 1 unspecified atom stereocenters. The van der Waals surface area contributed by atoms with Gasteiger partial charge in [0.05, 0.1) is 18.5 Å². The summed E-state index contributed by atoms with van der Waals surface area (Å²) in [7, 11) is 0. The summed E-state index contributed by atoms with van der Waals surface area (Å²) in [4.78, 5) is 2.51. The van der Waals surface area contributed by atoms with Gasteiger partial charge in [0, 0.05) is 31.7 Å². The molecule has 2 N–H and O–H groups in total. The number of aromatic amines is 1. The van der Waals surface area contributed by atoms with Crippen LogP contribution in [0.3, 0.4) is 0 Å². The molecule has 168 valence electrons. The van der Waals surface area contributed by atoms with E-state index in [0.29, 0.717) is 13.2 Å². The second-order valence-electron chi connectivity index (χ2n) is 8.35. The zero-order valence-corrected chi connectivity index (χ0v) is 18.3. The lowest BCUT2D eigenvalue weighted by Gasteiger charge is -2.35. The monoisotopic (exact) mass is 442 g/mol. The molecule has 0 aliphatic carbocycles. The predicted octanol–water partition coefficient (Wildman–Crippen LogP) is 4.10. The summed E-state index contributed by atoms with van der Waals surface area (Å²) in [6.45, 7) is 5.07. The van der Waals surface area contributed by atoms with Gasteiger partial charge in [0.1, 0.15) is 18.9 Å². The van der Waals surface area contributed by atoms with Gasteiger partial charge in [-0.15, -0.1) is 0 Å².